The summed E-state index contributed by atoms with van der Waals surface area (Å²) in [5.41, 5.74) is 0. The number of hydrogen-bond acceptors (Lipinski definition) is 4. The molecule has 1 aromatic heterocycles. The molecular weight excluding hydrogens is 260 g/mol. The van der Waals surface area contributed by atoms with Gasteiger partial charge in [0.15, 0.2) is 0 Å². The molecule has 0 aliphatic carbocycles. The van der Waals surface area contributed by atoms with Crippen LogP contribution in [0.4, 0.5) is 0 Å². The van der Waals surface area contributed by atoms with Gasteiger partial charge in [-0.2, -0.15) is 5.10 Å². The predicted octanol–water partition coefficient (Wildman–Crippen LogP) is 1.05. The highest BCUT2D eigenvalue weighted by atomic mass is 35.5. The molecule has 96 valence electrons. The summed E-state index contributed by atoms with van der Waals surface area (Å²) in [6, 6.07) is 0. The molecule has 3 heterocycles. The molecule has 7 heteroatoms. The molecule has 0 saturated carbocycles. The maximum absolute atomic E-state index is 12.3. The standard InChI is InChI=1S/C11H11ClN2O4/c12-5-3-13-14(4-5)10(15)8-6-1-2-7(18-6)9(8)11(16)17/h3-4,6-9H,1-2H2,(H,16,17)/t6-,7-,8+,9+/m1/s1. The molecule has 2 aliphatic heterocycles. The quantitative estimate of drug-likeness (QED) is 0.869. The van der Waals surface area contributed by atoms with Crippen LogP contribution >= 0.6 is 11.6 Å². The average molecular weight is 271 g/mol. The molecule has 0 spiro atoms. The lowest BCUT2D eigenvalue weighted by Gasteiger charge is -2.23. The molecule has 3 rings (SSSR count). The van der Waals surface area contributed by atoms with Crippen LogP contribution in [-0.2, 0) is 9.53 Å². The molecule has 0 aromatic carbocycles. The lowest BCUT2D eigenvalue weighted by molar-refractivity contribution is -0.144. The van der Waals surface area contributed by atoms with Gasteiger partial charge in [0.05, 0.1) is 41.5 Å². The molecule has 0 unspecified atom stereocenters. The Kier molecular flexibility index (Phi) is 2.64. The monoisotopic (exact) mass is 270 g/mol. The lowest BCUT2D eigenvalue weighted by Crippen LogP contribution is -2.40. The van der Waals surface area contributed by atoms with Crippen molar-refractivity contribution in [3.63, 3.8) is 0 Å². The first-order valence-electron chi connectivity index (χ1n) is 5.70. The Balaban J connectivity index is 1.91. The molecule has 1 aromatic rings. The normalized spacial score (nSPS) is 33.8. The van der Waals surface area contributed by atoms with Gasteiger partial charge in [0.1, 0.15) is 0 Å². The summed E-state index contributed by atoms with van der Waals surface area (Å²) in [6.07, 6.45) is 3.49. The van der Waals surface area contributed by atoms with Crippen molar-refractivity contribution in [2.75, 3.05) is 0 Å². The second kappa shape index (κ2) is 4.07. The van der Waals surface area contributed by atoms with Crippen molar-refractivity contribution in [2.45, 2.75) is 25.0 Å². The van der Waals surface area contributed by atoms with E-state index >= 15 is 0 Å². The minimum atomic E-state index is -0.987. The summed E-state index contributed by atoms with van der Waals surface area (Å²) in [4.78, 5) is 23.5. The first kappa shape index (κ1) is 11.7. The van der Waals surface area contributed by atoms with Crippen LogP contribution in [0.2, 0.25) is 5.02 Å². The van der Waals surface area contributed by atoms with E-state index in [9.17, 15) is 14.7 Å². The van der Waals surface area contributed by atoms with Crippen LogP contribution in [-0.4, -0.2) is 39.0 Å². The highest BCUT2D eigenvalue weighted by Crippen LogP contribution is 2.44. The average Bonchev–Trinajstić information content (AvgIpc) is 3.01. The van der Waals surface area contributed by atoms with Crippen LogP contribution in [0, 0.1) is 11.8 Å². The number of aromatic nitrogens is 2. The highest BCUT2D eigenvalue weighted by molar-refractivity contribution is 6.30. The second-order valence-electron chi connectivity index (χ2n) is 4.62. The first-order chi connectivity index (χ1) is 8.58. The minimum Gasteiger partial charge on any atom is -0.481 e. The van der Waals surface area contributed by atoms with E-state index in [4.69, 9.17) is 16.3 Å². The summed E-state index contributed by atoms with van der Waals surface area (Å²) >= 11 is 5.71. The number of carbonyl (C=O) groups is 2. The van der Waals surface area contributed by atoms with Gasteiger partial charge in [0, 0.05) is 0 Å². The van der Waals surface area contributed by atoms with E-state index in [1.54, 1.807) is 0 Å². The maximum Gasteiger partial charge on any atom is 0.310 e. The summed E-state index contributed by atoms with van der Waals surface area (Å²) in [6.45, 7) is 0. The fourth-order valence-corrected chi connectivity index (χ4v) is 3.02. The zero-order chi connectivity index (χ0) is 12.9. The van der Waals surface area contributed by atoms with Crippen molar-refractivity contribution >= 4 is 23.5 Å². The Bertz CT molecular complexity index is 515. The Morgan fingerprint density at radius 3 is 2.61 bits per heavy atom. The van der Waals surface area contributed by atoms with Crippen molar-refractivity contribution in [3.05, 3.63) is 17.4 Å². The zero-order valence-electron chi connectivity index (χ0n) is 9.32. The molecule has 2 fully saturated rings. The lowest BCUT2D eigenvalue weighted by atomic mass is 9.79. The van der Waals surface area contributed by atoms with Gasteiger partial charge in [0.25, 0.3) is 5.91 Å². The van der Waals surface area contributed by atoms with Crippen molar-refractivity contribution in [3.8, 4) is 0 Å². The van der Waals surface area contributed by atoms with E-state index in [0.717, 1.165) is 11.1 Å². The van der Waals surface area contributed by atoms with Gasteiger partial charge in [-0.05, 0) is 12.8 Å². The van der Waals surface area contributed by atoms with Gasteiger partial charge in [-0.3, -0.25) is 9.59 Å². The molecule has 1 N–H and O–H groups in total. The fraction of sp³-hybridized carbons (Fsp3) is 0.545. The maximum atomic E-state index is 12.3. The minimum absolute atomic E-state index is 0.313. The zero-order valence-corrected chi connectivity index (χ0v) is 10.1. The summed E-state index contributed by atoms with van der Waals surface area (Å²) in [5.74, 6) is -2.79. The van der Waals surface area contributed by atoms with Crippen LogP contribution in [0.25, 0.3) is 0 Å². The topological polar surface area (TPSA) is 81.4 Å². The molecule has 2 aliphatic rings. The Morgan fingerprint density at radius 2 is 2.06 bits per heavy atom. The largest absolute Gasteiger partial charge is 0.481 e. The number of carboxylic acid groups (broad SMARTS) is 1. The third kappa shape index (κ3) is 1.64. The third-order valence-electron chi connectivity index (χ3n) is 3.62. The number of aliphatic carboxylic acids is 1. The number of hydrogen-bond donors (Lipinski definition) is 1. The van der Waals surface area contributed by atoms with E-state index in [2.05, 4.69) is 5.10 Å². The Labute approximate surface area is 107 Å². The van der Waals surface area contributed by atoms with E-state index in [1.807, 2.05) is 0 Å². The van der Waals surface area contributed by atoms with Crippen molar-refractivity contribution in [1.82, 2.24) is 9.78 Å². The van der Waals surface area contributed by atoms with Gasteiger partial charge >= 0.3 is 5.97 Å². The van der Waals surface area contributed by atoms with Gasteiger partial charge in [-0.25, -0.2) is 4.68 Å². The Morgan fingerprint density at radius 1 is 1.39 bits per heavy atom. The number of halogens is 1. The van der Waals surface area contributed by atoms with Crippen molar-refractivity contribution in [2.24, 2.45) is 11.8 Å². The predicted molar refractivity (Wildman–Crippen MR) is 60.4 cm³/mol. The van der Waals surface area contributed by atoms with Crippen LogP contribution in [0.15, 0.2) is 12.4 Å². The molecule has 6 nitrogen and oxygen atoms in total. The fourth-order valence-electron chi connectivity index (χ4n) is 2.88. The molecular formula is C11H11ClN2O4. The van der Waals surface area contributed by atoms with Crippen LogP contribution < -0.4 is 0 Å². The first-order valence-corrected chi connectivity index (χ1v) is 6.08. The molecule has 2 saturated heterocycles. The van der Waals surface area contributed by atoms with Gasteiger partial charge in [-0.15, -0.1) is 0 Å². The van der Waals surface area contributed by atoms with Gasteiger partial charge in [0.2, 0.25) is 0 Å². The number of carboxylic acids is 1. The van der Waals surface area contributed by atoms with E-state index in [1.165, 1.54) is 12.4 Å². The molecule has 18 heavy (non-hydrogen) atoms. The molecule has 0 amide bonds. The van der Waals surface area contributed by atoms with E-state index in [0.29, 0.717) is 11.4 Å². The number of carbonyl (C=O) groups excluding carboxylic acids is 1. The molecule has 4 atom stereocenters. The Hall–Kier alpha value is -1.40. The molecule has 0 radical (unpaired) electrons. The smallest absolute Gasteiger partial charge is 0.310 e. The van der Waals surface area contributed by atoms with Crippen LogP contribution in [0.3, 0.4) is 0 Å². The summed E-state index contributed by atoms with van der Waals surface area (Å²) in [7, 11) is 0. The van der Waals surface area contributed by atoms with Crippen molar-refractivity contribution < 1.29 is 19.4 Å². The van der Waals surface area contributed by atoms with E-state index < -0.39 is 17.8 Å². The third-order valence-corrected chi connectivity index (χ3v) is 3.82. The molecule has 2 bridgehead atoms. The highest BCUT2D eigenvalue weighted by Gasteiger charge is 2.56. The van der Waals surface area contributed by atoms with Gasteiger partial charge < -0.3 is 9.84 Å². The summed E-state index contributed by atoms with van der Waals surface area (Å²) < 4.78 is 6.64. The number of rotatable bonds is 2. The second-order valence-corrected chi connectivity index (χ2v) is 5.06. The van der Waals surface area contributed by atoms with Crippen molar-refractivity contribution in [1.29, 1.82) is 0 Å². The van der Waals surface area contributed by atoms with Crippen LogP contribution in [0.5, 0.6) is 0 Å². The SMILES string of the molecule is O=C(O)[C@@H]1[C@@H](C(=O)n2cc(Cl)cn2)[C@H]2CC[C@H]1O2. The van der Waals surface area contributed by atoms with Crippen LogP contribution in [0.1, 0.15) is 17.6 Å². The number of ether oxygens (including phenoxy) is 1. The summed E-state index contributed by atoms with van der Waals surface area (Å²) in [5, 5.41) is 13.4. The number of nitrogens with zero attached hydrogens (tertiary/aromatic N) is 2. The van der Waals surface area contributed by atoms with E-state index in [-0.39, 0.29) is 18.1 Å². The number of fused-ring (bicyclic) bond motifs is 2. The van der Waals surface area contributed by atoms with Gasteiger partial charge in [-0.1, -0.05) is 11.6 Å².